The van der Waals surface area contributed by atoms with Gasteiger partial charge in [0.25, 0.3) is 11.9 Å². The van der Waals surface area contributed by atoms with Gasteiger partial charge in [-0.1, -0.05) is 40.0 Å². The number of fused-ring (bicyclic) bond motifs is 2. The fourth-order valence-electron chi connectivity index (χ4n) is 4.62. The van der Waals surface area contributed by atoms with Gasteiger partial charge in [0.15, 0.2) is 5.54 Å². The number of amides is 1. The largest absolute Gasteiger partial charge is 0.481 e. The number of nitro groups is 1. The second kappa shape index (κ2) is 7.17. The van der Waals surface area contributed by atoms with E-state index in [1.807, 2.05) is 0 Å². The number of halogens is 1. The van der Waals surface area contributed by atoms with E-state index in [2.05, 4.69) is 27.2 Å². The molecule has 0 aliphatic carbocycles. The molecule has 1 saturated heterocycles. The van der Waals surface area contributed by atoms with Crippen molar-refractivity contribution in [2.45, 2.75) is 17.5 Å². The molecular formula is C21H18BrN3O4. The van der Waals surface area contributed by atoms with Crippen LogP contribution in [0, 0.1) is 22.5 Å². The standard InChI is InChI=1S/C21H18BrN3O4/c1-3-10-29-18-9-8-13(22)11-14(18)15-12-24(2)21(19(15)25(27)28)16-6-4-5-7-17(16)23-20(21)26/h1,4-9,11,15,19H,10,12H2,2H3,(H,23,26)/t15-,19-,21+/m0/s1. The van der Waals surface area contributed by atoms with Crippen LogP contribution in [0.25, 0.3) is 0 Å². The smallest absolute Gasteiger partial charge is 0.256 e. The normalized spacial score (nSPS) is 25.5. The summed E-state index contributed by atoms with van der Waals surface area (Å²) in [6, 6.07) is 11.3. The minimum atomic E-state index is -1.39. The highest BCUT2D eigenvalue weighted by Crippen LogP contribution is 2.53. The maximum atomic E-state index is 13.2. The first-order chi connectivity index (χ1) is 13.9. The van der Waals surface area contributed by atoms with E-state index in [4.69, 9.17) is 11.2 Å². The minimum absolute atomic E-state index is 0.0504. The predicted molar refractivity (Wildman–Crippen MR) is 111 cm³/mol. The third-order valence-corrected chi connectivity index (χ3v) is 6.22. The Morgan fingerprint density at radius 1 is 1.41 bits per heavy atom. The lowest BCUT2D eigenvalue weighted by Crippen LogP contribution is -2.54. The number of rotatable bonds is 4. The Balaban J connectivity index is 1.89. The van der Waals surface area contributed by atoms with E-state index in [-0.39, 0.29) is 17.4 Å². The van der Waals surface area contributed by atoms with E-state index >= 15 is 0 Å². The van der Waals surface area contributed by atoms with Crippen LogP contribution in [-0.4, -0.2) is 42.0 Å². The molecule has 8 heteroatoms. The summed E-state index contributed by atoms with van der Waals surface area (Å²) < 4.78 is 6.43. The van der Waals surface area contributed by atoms with Crippen molar-refractivity contribution in [3.05, 3.63) is 68.2 Å². The summed E-state index contributed by atoms with van der Waals surface area (Å²) in [6.45, 7) is 0.366. The maximum absolute atomic E-state index is 13.2. The van der Waals surface area contributed by atoms with E-state index in [9.17, 15) is 14.9 Å². The number of hydrogen-bond acceptors (Lipinski definition) is 5. The molecule has 0 aromatic heterocycles. The molecular weight excluding hydrogens is 438 g/mol. The number of terminal acetylenes is 1. The summed E-state index contributed by atoms with van der Waals surface area (Å²) in [4.78, 5) is 27.0. The lowest BCUT2D eigenvalue weighted by atomic mass is 9.79. The summed E-state index contributed by atoms with van der Waals surface area (Å²) in [7, 11) is 1.75. The molecule has 2 aliphatic heterocycles. The molecule has 2 aliphatic rings. The summed E-state index contributed by atoms with van der Waals surface area (Å²) in [6.07, 6.45) is 5.32. The number of nitrogens with zero attached hydrogens (tertiary/aromatic N) is 2. The number of hydrogen-bond donors (Lipinski definition) is 1. The average molecular weight is 456 g/mol. The van der Waals surface area contributed by atoms with Gasteiger partial charge in [0.05, 0.1) is 5.92 Å². The second-order valence-electron chi connectivity index (χ2n) is 7.16. The molecule has 29 heavy (non-hydrogen) atoms. The molecule has 1 amide bonds. The number of benzene rings is 2. The Bertz CT molecular complexity index is 1050. The number of nitrogens with one attached hydrogen (secondary N) is 1. The van der Waals surface area contributed by atoms with Crippen LogP contribution in [0.5, 0.6) is 5.75 Å². The summed E-state index contributed by atoms with van der Waals surface area (Å²) in [5.41, 5.74) is 0.487. The molecule has 2 heterocycles. The Kier molecular flexibility index (Phi) is 4.81. The molecule has 7 nitrogen and oxygen atoms in total. The second-order valence-corrected chi connectivity index (χ2v) is 8.07. The van der Waals surface area contributed by atoms with Crippen LogP contribution < -0.4 is 10.1 Å². The Hall–Kier alpha value is -2.89. The molecule has 1 N–H and O–H groups in total. The summed E-state index contributed by atoms with van der Waals surface area (Å²) in [5.74, 6) is 1.95. The fraction of sp³-hybridized carbons (Fsp3) is 0.286. The van der Waals surface area contributed by atoms with E-state index in [0.29, 0.717) is 29.1 Å². The first kappa shape index (κ1) is 19.4. The van der Waals surface area contributed by atoms with Gasteiger partial charge >= 0.3 is 0 Å². The summed E-state index contributed by atoms with van der Waals surface area (Å²) in [5, 5.41) is 15.2. The van der Waals surface area contributed by atoms with Gasteiger partial charge in [-0.3, -0.25) is 19.8 Å². The first-order valence-corrected chi connectivity index (χ1v) is 9.82. The van der Waals surface area contributed by atoms with Gasteiger partial charge in [0, 0.05) is 32.8 Å². The van der Waals surface area contributed by atoms with Crippen LogP contribution in [-0.2, 0) is 10.3 Å². The molecule has 0 unspecified atom stereocenters. The third kappa shape index (κ3) is 2.81. The van der Waals surface area contributed by atoms with Crippen LogP contribution in [0.1, 0.15) is 17.0 Å². The highest BCUT2D eigenvalue weighted by molar-refractivity contribution is 9.10. The van der Waals surface area contributed by atoms with Crippen LogP contribution in [0.2, 0.25) is 0 Å². The zero-order valence-electron chi connectivity index (χ0n) is 15.6. The number of ether oxygens (including phenoxy) is 1. The topological polar surface area (TPSA) is 84.7 Å². The first-order valence-electron chi connectivity index (χ1n) is 9.02. The van der Waals surface area contributed by atoms with E-state index in [1.165, 1.54) is 0 Å². The van der Waals surface area contributed by atoms with E-state index in [0.717, 1.165) is 4.47 Å². The van der Waals surface area contributed by atoms with Crippen molar-refractivity contribution in [1.82, 2.24) is 4.90 Å². The van der Waals surface area contributed by atoms with Crippen molar-refractivity contribution in [3.8, 4) is 18.1 Å². The van der Waals surface area contributed by atoms with Crippen LogP contribution in [0.4, 0.5) is 5.69 Å². The van der Waals surface area contributed by atoms with Crippen molar-refractivity contribution in [2.75, 3.05) is 25.5 Å². The molecule has 0 radical (unpaired) electrons. The number of likely N-dealkylation sites (tertiary alicyclic amines) is 1. The predicted octanol–water partition coefficient (Wildman–Crippen LogP) is 2.98. The van der Waals surface area contributed by atoms with Crippen molar-refractivity contribution < 1.29 is 14.5 Å². The van der Waals surface area contributed by atoms with Gasteiger partial charge in [0.2, 0.25) is 0 Å². The SMILES string of the molecule is C#CCOc1ccc(Br)cc1[C@@H]1CN(C)[C@@]2(C(=O)Nc3ccccc32)[C@H]1[N+](=O)[O-]. The van der Waals surface area contributed by atoms with Crippen LogP contribution >= 0.6 is 15.9 Å². The fourth-order valence-corrected chi connectivity index (χ4v) is 5.00. The third-order valence-electron chi connectivity index (χ3n) is 5.72. The Morgan fingerprint density at radius 2 is 2.17 bits per heavy atom. The Labute approximate surface area is 176 Å². The number of likely N-dealkylation sites (N-methyl/N-ethyl adjacent to an activating group) is 1. The van der Waals surface area contributed by atoms with Gasteiger partial charge in [-0.2, -0.15) is 0 Å². The molecule has 2 aromatic rings. The lowest BCUT2D eigenvalue weighted by molar-refractivity contribution is -0.534. The van der Waals surface area contributed by atoms with Crippen LogP contribution in [0.15, 0.2) is 46.9 Å². The summed E-state index contributed by atoms with van der Waals surface area (Å²) >= 11 is 3.44. The molecule has 0 bridgehead atoms. The van der Waals surface area contributed by atoms with Crippen molar-refractivity contribution in [2.24, 2.45) is 0 Å². The molecule has 4 rings (SSSR count). The van der Waals surface area contributed by atoms with Gasteiger partial charge in [0.1, 0.15) is 12.4 Å². The van der Waals surface area contributed by atoms with Gasteiger partial charge in [-0.25, -0.2) is 0 Å². The molecule has 148 valence electrons. The number of carbonyl (C=O) groups excluding carboxylic acids is 1. The highest BCUT2D eigenvalue weighted by atomic mass is 79.9. The van der Waals surface area contributed by atoms with E-state index in [1.54, 1.807) is 54.4 Å². The molecule has 1 spiro atoms. The number of carbonyl (C=O) groups is 1. The zero-order valence-corrected chi connectivity index (χ0v) is 17.2. The number of para-hydroxylation sites is 1. The maximum Gasteiger partial charge on any atom is 0.256 e. The molecule has 1 fully saturated rings. The van der Waals surface area contributed by atoms with Crippen molar-refractivity contribution >= 4 is 27.5 Å². The molecule has 2 aromatic carbocycles. The lowest BCUT2D eigenvalue weighted by Gasteiger charge is -2.30. The quantitative estimate of drug-likeness (QED) is 0.435. The molecule has 3 atom stereocenters. The minimum Gasteiger partial charge on any atom is -0.481 e. The highest BCUT2D eigenvalue weighted by Gasteiger charge is 2.68. The van der Waals surface area contributed by atoms with Crippen molar-refractivity contribution in [3.63, 3.8) is 0 Å². The van der Waals surface area contributed by atoms with Gasteiger partial charge in [-0.15, -0.1) is 6.42 Å². The molecule has 0 saturated carbocycles. The monoisotopic (exact) mass is 455 g/mol. The zero-order chi connectivity index (χ0) is 20.8. The van der Waals surface area contributed by atoms with Crippen molar-refractivity contribution in [1.29, 1.82) is 0 Å². The average Bonchev–Trinajstić information content (AvgIpc) is 3.16. The van der Waals surface area contributed by atoms with E-state index < -0.39 is 17.5 Å². The van der Waals surface area contributed by atoms with Gasteiger partial charge in [-0.05, 0) is 31.3 Å². The number of anilines is 1. The Morgan fingerprint density at radius 3 is 2.90 bits per heavy atom. The van der Waals surface area contributed by atoms with Gasteiger partial charge < -0.3 is 10.1 Å². The van der Waals surface area contributed by atoms with Crippen LogP contribution in [0.3, 0.4) is 0 Å².